The normalized spacial score (nSPS) is 26.6. The zero-order chi connectivity index (χ0) is 13.3. The summed E-state index contributed by atoms with van der Waals surface area (Å²) >= 11 is 0. The number of aliphatic carboxylic acids is 1. The lowest BCUT2D eigenvalue weighted by Crippen LogP contribution is -2.47. The third-order valence-electron chi connectivity index (χ3n) is 2.99. The van der Waals surface area contributed by atoms with Crippen molar-refractivity contribution < 1.29 is 23.8 Å². The van der Waals surface area contributed by atoms with Gasteiger partial charge in [0.2, 0.25) is 5.67 Å². The molecule has 96 valence electrons. The van der Waals surface area contributed by atoms with Crippen molar-refractivity contribution in [2.75, 3.05) is 19.7 Å². The molecule has 1 aliphatic heterocycles. The largest absolute Gasteiger partial charge is 0.479 e. The van der Waals surface area contributed by atoms with Crippen LogP contribution in [-0.4, -0.2) is 47.4 Å². The number of hydrogen-bond donors (Lipinski definition) is 1. The maximum absolute atomic E-state index is 14.3. The zero-order valence-corrected chi connectivity index (χ0v) is 9.90. The van der Waals surface area contributed by atoms with E-state index >= 15 is 0 Å². The van der Waals surface area contributed by atoms with E-state index in [1.54, 1.807) is 0 Å². The molecule has 0 saturated carbocycles. The van der Waals surface area contributed by atoms with Gasteiger partial charge in [0.25, 0.3) is 0 Å². The number of halogens is 1. The van der Waals surface area contributed by atoms with Crippen molar-refractivity contribution in [3.63, 3.8) is 0 Å². The summed E-state index contributed by atoms with van der Waals surface area (Å²) in [5, 5.41) is 8.91. The predicted octanol–water partition coefficient (Wildman–Crippen LogP) is 1.44. The maximum atomic E-state index is 14.3. The highest BCUT2D eigenvalue weighted by molar-refractivity contribution is 5.81. The average Bonchev–Trinajstić information content (AvgIpc) is 2.48. The summed E-state index contributed by atoms with van der Waals surface area (Å²) < 4.78 is 19.0. The highest BCUT2D eigenvalue weighted by atomic mass is 19.1. The van der Waals surface area contributed by atoms with Crippen LogP contribution in [0.2, 0.25) is 0 Å². The standard InChI is InChI=1S/C11H16FNO4/c1-4-5-17-9(16)13-6-10(2,3)11(12,7-13)8(14)15/h4H,1,5-7H2,2-3H3,(H,14,15). The van der Waals surface area contributed by atoms with Gasteiger partial charge in [0.15, 0.2) is 0 Å². The summed E-state index contributed by atoms with van der Waals surface area (Å²) in [7, 11) is 0. The zero-order valence-electron chi connectivity index (χ0n) is 9.90. The second-order valence-corrected chi connectivity index (χ2v) is 4.71. The number of nitrogens with zero attached hydrogens (tertiary/aromatic N) is 1. The fourth-order valence-electron chi connectivity index (χ4n) is 1.84. The Labute approximate surface area is 98.8 Å². The molecule has 0 radical (unpaired) electrons. The van der Waals surface area contributed by atoms with E-state index in [1.807, 2.05) is 0 Å². The topological polar surface area (TPSA) is 66.8 Å². The number of rotatable bonds is 3. The molecular formula is C11H16FNO4. The monoisotopic (exact) mass is 245 g/mol. The second kappa shape index (κ2) is 4.35. The third-order valence-corrected chi connectivity index (χ3v) is 2.99. The van der Waals surface area contributed by atoms with Gasteiger partial charge in [-0.1, -0.05) is 26.5 Å². The Balaban J connectivity index is 2.81. The van der Waals surface area contributed by atoms with Gasteiger partial charge in [0.05, 0.1) is 6.54 Å². The molecule has 0 bridgehead atoms. The summed E-state index contributed by atoms with van der Waals surface area (Å²) in [4.78, 5) is 23.5. The van der Waals surface area contributed by atoms with Crippen molar-refractivity contribution in [1.82, 2.24) is 4.90 Å². The van der Waals surface area contributed by atoms with Crippen LogP contribution in [0.3, 0.4) is 0 Å². The molecule has 6 heteroatoms. The number of carboxylic acid groups (broad SMARTS) is 1. The SMILES string of the molecule is C=CCOC(=O)N1CC(C)(C)C(F)(C(=O)O)C1. The van der Waals surface area contributed by atoms with Crippen molar-refractivity contribution in [2.24, 2.45) is 5.41 Å². The van der Waals surface area contributed by atoms with Crippen molar-refractivity contribution in [2.45, 2.75) is 19.5 Å². The Morgan fingerprint density at radius 1 is 1.53 bits per heavy atom. The van der Waals surface area contributed by atoms with Crippen LogP contribution >= 0.6 is 0 Å². The smallest absolute Gasteiger partial charge is 0.410 e. The van der Waals surface area contributed by atoms with Gasteiger partial charge in [-0.15, -0.1) is 0 Å². The van der Waals surface area contributed by atoms with Crippen LogP contribution in [0.25, 0.3) is 0 Å². The van der Waals surface area contributed by atoms with Gasteiger partial charge < -0.3 is 14.7 Å². The molecule has 1 saturated heterocycles. The molecule has 0 aromatic rings. The van der Waals surface area contributed by atoms with Gasteiger partial charge in [-0.05, 0) is 0 Å². The third kappa shape index (κ3) is 2.25. The van der Waals surface area contributed by atoms with Crippen molar-refractivity contribution in [3.05, 3.63) is 12.7 Å². The van der Waals surface area contributed by atoms with Crippen LogP contribution in [-0.2, 0) is 9.53 Å². The second-order valence-electron chi connectivity index (χ2n) is 4.71. The Morgan fingerprint density at radius 2 is 2.12 bits per heavy atom. The lowest BCUT2D eigenvalue weighted by atomic mass is 9.79. The molecule has 17 heavy (non-hydrogen) atoms. The summed E-state index contributed by atoms with van der Waals surface area (Å²) in [6.45, 7) is 5.86. The van der Waals surface area contributed by atoms with E-state index in [2.05, 4.69) is 6.58 Å². The van der Waals surface area contributed by atoms with Crippen LogP contribution in [0.4, 0.5) is 9.18 Å². The van der Waals surface area contributed by atoms with Crippen molar-refractivity contribution in [1.29, 1.82) is 0 Å². The van der Waals surface area contributed by atoms with E-state index in [4.69, 9.17) is 9.84 Å². The first kappa shape index (κ1) is 13.5. The number of carbonyl (C=O) groups excluding carboxylic acids is 1. The van der Waals surface area contributed by atoms with E-state index in [9.17, 15) is 14.0 Å². The minimum absolute atomic E-state index is 0.00573. The molecule has 1 atom stereocenters. The predicted molar refractivity (Wildman–Crippen MR) is 58.4 cm³/mol. The Morgan fingerprint density at radius 3 is 2.53 bits per heavy atom. The van der Waals surface area contributed by atoms with Crippen LogP contribution < -0.4 is 0 Å². The van der Waals surface area contributed by atoms with Crippen LogP contribution in [0, 0.1) is 5.41 Å². The number of carboxylic acids is 1. The Bertz CT molecular complexity index is 355. The van der Waals surface area contributed by atoms with Gasteiger partial charge in [-0.2, -0.15) is 0 Å². The fourth-order valence-corrected chi connectivity index (χ4v) is 1.84. The number of ether oxygens (including phenoxy) is 1. The average molecular weight is 245 g/mol. The van der Waals surface area contributed by atoms with E-state index in [-0.39, 0.29) is 13.2 Å². The van der Waals surface area contributed by atoms with Gasteiger partial charge in [-0.25, -0.2) is 14.0 Å². The highest BCUT2D eigenvalue weighted by Gasteiger charge is 2.60. The minimum atomic E-state index is -2.44. The number of amides is 1. The summed E-state index contributed by atoms with van der Waals surface area (Å²) in [6, 6.07) is 0. The molecule has 0 spiro atoms. The minimum Gasteiger partial charge on any atom is -0.479 e. The molecule has 1 aliphatic rings. The molecule has 1 amide bonds. The first-order valence-corrected chi connectivity index (χ1v) is 5.19. The van der Waals surface area contributed by atoms with E-state index in [1.165, 1.54) is 19.9 Å². The van der Waals surface area contributed by atoms with Crippen molar-refractivity contribution in [3.8, 4) is 0 Å². The molecule has 5 nitrogen and oxygen atoms in total. The van der Waals surface area contributed by atoms with Crippen LogP contribution in [0.1, 0.15) is 13.8 Å². The maximum Gasteiger partial charge on any atom is 0.410 e. The first-order chi connectivity index (χ1) is 7.74. The summed E-state index contributed by atoms with van der Waals surface area (Å²) in [6.07, 6.45) is 0.665. The Hall–Kier alpha value is -1.59. The van der Waals surface area contributed by atoms with E-state index < -0.39 is 29.7 Å². The number of hydrogen-bond acceptors (Lipinski definition) is 3. The van der Waals surface area contributed by atoms with Gasteiger partial charge >= 0.3 is 12.1 Å². The Kier molecular flexibility index (Phi) is 3.45. The summed E-state index contributed by atoms with van der Waals surface area (Å²) in [5.41, 5.74) is -3.59. The molecule has 1 heterocycles. The van der Waals surface area contributed by atoms with E-state index in [0.717, 1.165) is 4.90 Å². The molecule has 1 fully saturated rings. The summed E-state index contributed by atoms with van der Waals surface area (Å²) in [5.74, 6) is -1.55. The molecule has 1 N–H and O–H groups in total. The van der Waals surface area contributed by atoms with E-state index in [0.29, 0.717) is 0 Å². The number of alkyl halides is 1. The molecule has 0 aromatic heterocycles. The van der Waals surface area contributed by atoms with Gasteiger partial charge in [0, 0.05) is 12.0 Å². The molecule has 0 aromatic carbocycles. The van der Waals surface area contributed by atoms with Crippen LogP contribution in [0.5, 0.6) is 0 Å². The van der Waals surface area contributed by atoms with Crippen LogP contribution in [0.15, 0.2) is 12.7 Å². The van der Waals surface area contributed by atoms with Crippen molar-refractivity contribution >= 4 is 12.1 Å². The lowest BCUT2D eigenvalue weighted by Gasteiger charge is -2.27. The lowest BCUT2D eigenvalue weighted by molar-refractivity contribution is -0.155. The number of likely N-dealkylation sites (tertiary alicyclic amines) is 1. The quantitative estimate of drug-likeness (QED) is 0.764. The molecule has 0 aliphatic carbocycles. The molecule has 1 unspecified atom stereocenters. The number of carbonyl (C=O) groups is 2. The molecular weight excluding hydrogens is 229 g/mol. The van der Waals surface area contributed by atoms with Gasteiger partial charge in [-0.3, -0.25) is 0 Å². The molecule has 1 rings (SSSR count). The fraction of sp³-hybridized carbons (Fsp3) is 0.636. The van der Waals surface area contributed by atoms with Gasteiger partial charge in [0.1, 0.15) is 6.61 Å². The first-order valence-electron chi connectivity index (χ1n) is 5.19. The highest BCUT2D eigenvalue weighted by Crippen LogP contribution is 2.42.